The normalized spacial score (nSPS) is 10.5. The summed E-state index contributed by atoms with van der Waals surface area (Å²) in [5, 5.41) is 3.92. The molecule has 3 N–H and O–H groups in total. The number of rotatable bonds is 5. The van der Waals surface area contributed by atoms with Gasteiger partial charge in [0, 0.05) is 22.9 Å². The molecule has 0 atom stereocenters. The number of nitrogens with one attached hydrogen (secondary N) is 1. The molecule has 0 unspecified atom stereocenters. The van der Waals surface area contributed by atoms with Gasteiger partial charge < -0.3 is 16.0 Å². The van der Waals surface area contributed by atoms with Gasteiger partial charge in [0.2, 0.25) is 0 Å². The molecule has 1 aromatic heterocycles. The molecule has 0 fully saturated rings. The predicted molar refractivity (Wildman–Crippen MR) is 105 cm³/mol. The Balaban J connectivity index is 1.98. The fourth-order valence-electron chi connectivity index (χ4n) is 2.62. The summed E-state index contributed by atoms with van der Waals surface area (Å²) < 4.78 is 0. The lowest BCUT2D eigenvalue weighted by Gasteiger charge is -2.24. The Morgan fingerprint density at radius 3 is 2.60 bits per heavy atom. The summed E-state index contributed by atoms with van der Waals surface area (Å²) in [5.74, 6) is 1.23. The summed E-state index contributed by atoms with van der Waals surface area (Å²) >= 11 is 6.09. The number of hydrogen-bond donors (Lipinski definition) is 2. The monoisotopic (exact) mass is 353 g/mol. The molecule has 25 heavy (non-hydrogen) atoms. The van der Waals surface area contributed by atoms with E-state index in [4.69, 9.17) is 17.3 Å². The van der Waals surface area contributed by atoms with Gasteiger partial charge in [-0.1, -0.05) is 35.9 Å². The van der Waals surface area contributed by atoms with Crippen LogP contribution in [-0.4, -0.2) is 16.5 Å². The van der Waals surface area contributed by atoms with E-state index in [1.807, 2.05) is 60.4 Å². The van der Waals surface area contributed by atoms with Crippen molar-refractivity contribution in [1.82, 2.24) is 9.97 Å². The second-order valence-corrected chi connectivity index (χ2v) is 6.06. The predicted octanol–water partition coefficient (Wildman–Crippen LogP) is 4.92. The second kappa shape index (κ2) is 7.40. The molecule has 0 aliphatic heterocycles. The number of benzene rings is 2. The maximum absolute atomic E-state index is 6.37. The first-order chi connectivity index (χ1) is 12.1. The first kappa shape index (κ1) is 17.0. The Morgan fingerprint density at radius 1 is 1.12 bits per heavy atom. The van der Waals surface area contributed by atoms with E-state index >= 15 is 0 Å². The average Bonchev–Trinajstić information content (AvgIpc) is 2.63. The third-order valence-corrected chi connectivity index (χ3v) is 4.19. The summed E-state index contributed by atoms with van der Waals surface area (Å²) in [6, 6.07) is 15.7. The van der Waals surface area contributed by atoms with Crippen LogP contribution in [0.2, 0.25) is 5.02 Å². The van der Waals surface area contributed by atoms with E-state index in [2.05, 4.69) is 22.2 Å². The van der Waals surface area contributed by atoms with Crippen LogP contribution in [0.15, 0.2) is 54.9 Å². The quantitative estimate of drug-likeness (QED) is 0.681. The van der Waals surface area contributed by atoms with E-state index in [0.29, 0.717) is 22.3 Å². The van der Waals surface area contributed by atoms with Crippen LogP contribution in [-0.2, 0) is 0 Å². The molecule has 1 heterocycles. The first-order valence-electron chi connectivity index (χ1n) is 8.06. The zero-order valence-electron chi connectivity index (χ0n) is 14.2. The molecule has 0 aliphatic rings. The number of aromatic nitrogens is 2. The molecule has 0 radical (unpaired) electrons. The molecular formula is C19H20ClN5. The van der Waals surface area contributed by atoms with Gasteiger partial charge in [-0.2, -0.15) is 0 Å². The molecule has 3 rings (SSSR count). The average molecular weight is 354 g/mol. The minimum atomic E-state index is 0.493. The lowest BCUT2D eigenvalue weighted by atomic mass is 10.2. The highest BCUT2D eigenvalue weighted by atomic mass is 35.5. The van der Waals surface area contributed by atoms with Crippen LogP contribution in [0.3, 0.4) is 0 Å². The van der Waals surface area contributed by atoms with Crippen LogP contribution in [0.1, 0.15) is 12.5 Å². The number of aryl methyl sites for hydroxylation is 1. The second-order valence-electron chi connectivity index (χ2n) is 5.62. The topological polar surface area (TPSA) is 67.1 Å². The fraction of sp³-hybridized carbons (Fsp3) is 0.158. The molecule has 3 aromatic rings. The number of anilines is 5. The summed E-state index contributed by atoms with van der Waals surface area (Å²) in [6.07, 6.45) is 1.51. The Hall–Kier alpha value is -2.79. The molecule has 6 heteroatoms. The van der Waals surface area contributed by atoms with Gasteiger partial charge in [0.15, 0.2) is 11.6 Å². The molecular weight excluding hydrogens is 334 g/mol. The summed E-state index contributed by atoms with van der Waals surface area (Å²) in [4.78, 5) is 10.7. The van der Waals surface area contributed by atoms with Crippen LogP contribution in [0.4, 0.5) is 28.7 Å². The Bertz CT molecular complexity index is 867. The van der Waals surface area contributed by atoms with E-state index in [-0.39, 0.29) is 0 Å². The van der Waals surface area contributed by atoms with Gasteiger partial charge in [-0.15, -0.1) is 0 Å². The van der Waals surface area contributed by atoms with Gasteiger partial charge in [-0.3, -0.25) is 0 Å². The zero-order chi connectivity index (χ0) is 17.8. The van der Waals surface area contributed by atoms with Gasteiger partial charge >= 0.3 is 0 Å². The van der Waals surface area contributed by atoms with Crippen molar-refractivity contribution in [3.63, 3.8) is 0 Å². The molecule has 128 valence electrons. The molecule has 2 aromatic carbocycles. The van der Waals surface area contributed by atoms with E-state index in [1.165, 1.54) is 6.33 Å². The maximum atomic E-state index is 6.37. The van der Waals surface area contributed by atoms with Crippen LogP contribution in [0, 0.1) is 6.92 Å². The largest absolute Gasteiger partial charge is 0.393 e. The van der Waals surface area contributed by atoms with Crippen LogP contribution >= 0.6 is 11.6 Å². The Kier molecular flexibility index (Phi) is 5.05. The zero-order valence-corrected chi connectivity index (χ0v) is 15.0. The Labute approximate surface area is 152 Å². The van der Waals surface area contributed by atoms with Crippen molar-refractivity contribution in [3.05, 3.63) is 65.4 Å². The van der Waals surface area contributed by atoms with Gasteiger partial charge in [-0.25, -0.2) is 9.97 Å². The molecule has 0 aliphatic carbocycles. The number of nitrogen functional groups attached to an aromatic ring is 1. The van der Waals surface area contributed by atoms with E-state index < -0.39 is 0 Å². The van der Waals surface area contributed by atoms with Crippen molar-refractivity contribution >= 4 is 40.3 Å². The number of nitrogens with two attached hydrogens (primary N) is 1. The molecule has 0 bridgehead atoms. The third-order valence-electron chi connectivity index (χ3n) is 3.96. The van der Waals surface area contributed by atoms with Crippen LogP contribution in [0.5, 0.6) is 0 Å². The molecule has 0 spiro atoms. The molecule has 0 saturated carbocycles. The van der Waals surface area contributed by atoms with E-state index in [1.54, 1.807) is 0 Å². The lowest BCUT2D eigenvalue weighted by Crippen LogP contribution is -2.19. The van der Waals surface area contributed by atoms with Crippen molar-refractivity contribution in [2.75, 3.05) is 22.5 Å². The fourth-order valence-corrected chi connectivity index (χ4v) is 2.79. The third kappa shape index (κ3) is 3.67. The van der Waals surface area contributed by atoms with Crippen molar-refractivity contribution in [2.24, 2.45) is 0 Å². The van der Waals surface area contributed by atoms with Crippen molar-refractivity contribution in [2.45, 2.75) is 13.8 Å². The number of para-hydroxylation sites is 1. The Morgan fingerprint density at radius 2 is 1.88 bits per heavy atom. The summed E-state index contributed by atoms with van der Waals surface area (Å²) in [6.45, 7) is 4.79. The van der Waals surface area contributed by atoms with E-state index in [9.17, 15) is 0 Å². The van der Waals surface area contributed by atoms with Crippen molar-refractivity contribution in [3.8, 4) is 0 Å². The summed E-state index contributed by atoms with van der Waals surface area (Å²) in [7, 11) is 0. The maximum Gasteiger partial charge on any atom is 0.161 e. The standard InChI is InChI=1S/C19H20ClN5/c1-3-25(15-7-5-4-6-8-15)19-17(21)18(22-12-23-19)24-16-11-14(20)10-9-13(16)2/h4-12H,3,21H2,1-2H3,(H,22,23,24). The molecule has 0 amide bonds. The van der Waals surface area contributed by atoms with Crippen molar-refractivity contribution in [1.29, 1.82) is 0 Å². The van der Waals surface area contributed by atoms with Gasteiger partial charge in [0.25, 0.3) is 0 Å². The highest BCUT2D eigenvalue weighted by Gasteiger charge is 2.16. The van der Waals surface area contributed by atoms with E-state index in [0.717, 1.165) is 23.5 Å². The van der Waals surface area contributed by atoms with Crippen LogP contribution < -0.4 is 16.0 Å². The van der Waals surface area contributed by atoms with Crippen LogP contribution in [0.25, 0.3) is 0 Å². The number of halogens is 1. The first-order valence-corrected chi connectivity index (χ1v) is 8.44. The van der Waals surface area contributed by atoms with Gasteiger partial charge in [0.05, 0.1) is 0 Å². The van der Waals surface area contributed by atoms with Gasteiger partial charge in [-0.05, 0) is 43.7 Å². The number of nitrogens with zero attached hydrogens (tertiary/aromatic N) is 3. The minimum absolute atomic E-state index is 0.493. The van der Waals surface area contributed by atoms with Gasteiger partial charge in [0.1, 0.15) is 12.0 Å². The summed E-state index contributed by atoms with van der Waals surface area (Å²) in [5.41, 5.74) is 9.81. The molecule has 0 saturated heterocycles. The highest BCUT2D eigenvalue weighted by Crippen LogP contribution is 2.33. The molecule has 5 nitrogen and oxygen atoms in total. The van der Waals surface area contributed by atoms with Crippen molar-refractivity contribution < 1.29 is 0 Å². The smallest absolute Gasteiger partial charge is 0.161 e. The highest BCUT2D eigenvalue weighted by molar-refractivity contribution is 6.30. The lowest BCUT2D eigenvalue weighted by molar-refractivity contribution is 0.980. The SMILES string of the molecule is CCN(c1ccccc1)c1ncnc(Nc2cc(Cl)ccc2C)c1N. The number of hydrogen-bond acceptors (Lipinski definition) is 5. The minimum Gasteiger partial charge on any atom is -0.393 e.